The van der Waals surface area contributed by atoms with E-state index in [9.17, 15) is 14.7 Å². The summed E-state index contributed by atoms with van der Waals surface area (Å²) in [5, 5.41) is 16.4. The second-order valence-electron chi connectivity index (χ2n) is 5.65. The summed E-state index contributed by atoms with van der Waals surface area (Å²) in [4.78, 5) is 25.2. The molecule has 6 heteroatoms. The second kappa shape index (κ2) is 6.56. The number of Topliss-reactive ketones (excluding diaryl/α,β-unsaturated/α-hetero) is 1. The van der Waals surface area contributed by atoms with E-state index in [-0.39, 0.29) is 29.0 Å². The molecule has 1 aromatic rings. The molecule has 6 nitrogen and oxygen atoms in total. The van der Waals surface area contributed by atoms with Crippen LogP contribution in [0.15, 0.2) is 42.2 Å². The molecular weight excluding hydrogens is 294 g/mol. The summed E-state index contributed by atoms with van der Waals surface area (Å²) in [6.45, 7) is 5.61. The molecule has 122 valence electrons. The van der Waals surface area contributed by atoms with Gasteiger partial charge >= 0.3 is 0 Å². The van der Waals surface area contributed by atoms with E-state index >= 15 is 0 Å². The maximum Gasteiger partial charge on any atom is 0.257 e. The molecule has 0 aromatic heterocycles. The average Bonchev–Trinajstić information content (AvgIpc) is 2.52. The number of phenols is 1. The first-order chi connectivity index (χ1) is 10.8. The Bertz CT molecular complexity index is 692. The van der Waals surface area contributed by atoms with Gasteiger partial charge in [0.15, 0.2) is 11.5 Å². The predicted octanol–water partition coefficient (Wildman–Crippen LogP) is 1.85. The van der Waals surface area contributed by atoms with Crippen LogP contribution < -0.4 is 10.6 Å². The van der Waals surface area contributed by atoms with E-state index in [1.165, 1.54) is 4.90 Å². The Balaban J connectivity index is 2.28. The van der Waals surface area contributed by atoms with Gasteiger partial charge < -0.3 is 20.6 Å². The molecule has 0 fully saturated rings. The maximum atomic E-state index is 12.0. The highest BCUT2D eigenvalue weighted by Crippen LogP contribution is 2.32. The van der Waals surface area contributed by atoms with Crippen LogP contribution in [0.3, 0.4) is 0 Å². The van der Waals surface area contributed by atoms with Crippen molar-refractivity contribution in [2.75, 3.05) is 19.4 Å². The number of phenolic OH excluding ortho intramolecular Hbond substituents is 1. The van der Waals surface area contributed by atoms with Crippen molar-refractivity contribution in [3.8, 4) is 5.75 Å². The van der Waals surface area contributed by atoms with Crippen molar-refractivity contribution < 1.29 is 14.7 Å². The number of para-hydroxylation sites is 1. The fraction of sp³-hybridized carbons (Fsp3) is 0.294. The number of anilines is 1. The highest BCUT2D eigenvalue weighted by molar-refractivity contribution is 6.07. The smallest absolute Gasteiger partial charge is 0.257 e. The van der Waals surface area contributed by atoms with Gasteiger partial charge in [-0.3, -0.25) is 9.59 Å². The van der Waals surface area contributed by atoms with Crippen LogP contribution in [0.25, 0.3) is 0 Å². The minimum atomic E-state index is -0.307. The van der Waals surface area contributed by atoms with E-state index in [4.69, 9.17) is 0 Å². The van der Waals surface area contributed by atoms with E-state index in [2.05, 4.69) is 17.2 Å². The number of hydrogen-bond donors (Lipinski definition) is 3. The fourth-order valence-electron chi connectivity index (χ4n) is 2.19. The number of allylic oxidation sites excluding steroid dienone is 2. The van der Waals surface area contributed by atoms with Gasteiger partial charge in [0.1, 0.15) is 5.70 Å². The van der Waals surface area contributed by atoms with Gasteiger partial charge in [0.25, 0.3) is 5.91 Å². The highest BCUT2D eigenvalue weighted by atomic mass is 16.3. The van der Waals surface area contributed by atoms with E-state index in [0.717, 1.165) is 5.70 Å². The van der Waals surface area contributed by atoms with E-state index < -0.39 is 0 Å². The van der Waals surface area contributed by atoms with Gasteiger partial charge in [0.2, 0.25) is 0 Å². The molecule has 2 rings (SSSR count). The molecule has 3 N–H and O–H groups in total. The van der Waals surface area contributed by atoms with Crippen LogP contribution in [-0.4, -0.2) is 41.8 Å². The van der Waals surface area contributed by atoms with Crippen molar-refractivity contribution in [3.05, 3.63) is 47.8 Å². The van der Waals surface area contributed by atoms with Gasteiger partial charge in [-0.05, 0) is 19.1 Å². The van der Waals surface area contributed by atoms with Crippen LogP contribution in [0.4, 0.5) is 5.69 Å². The van der Waals surface area contributed by atoms with E-state index in [1.54, 1.807) is 38.4 Å². The van der Waals surface area contributed by atoms with Crippen LogP contribution in [-0.2, 0) is 4.79 Å². The van der Waals surface area contributed by atoms with Gasteiger partial charge in [-0.15, -0.1) is 6.58 Å². The number of carbonyl (C=O) groups is 2. The number of hydrogen-bond acceptors (Lipinski definition) is 5. The Morgan fingerprint density at radius 3 is 2.70 bits per heavy atom. The second-order valence-corrected chi connectivity index (χ2v) is 5.65. The van der Waals surface area contributed by atoms with Crippen LogP contribution in [0.2, 0.25) is 0 Å². The lowest BCUT2D eigenvalue weighted by Crippen LogP contribution is -2.36. The van der Waals surface area contributed by atoms with Gasteiger partial charge in [-0.2, -0.15) is 0 Å². The SMILES string of the molecule is C=CC(C)NC1=C(Nc2cccc(C(=O)N(C)C)c2O)C(=O)C1. The summed E-state index contributed by atoms with van der Waals surface area (Å²) in [6.07, 6.45) is 2.05. The monoisotopic (exact) mass is 315 g/mol. The third-order valence-corrected chi connectivity index (χ3v) is 3.61. The fourth-order valence-corrected chi connectivity index (χ4v) is 2.19. The molecule has 0 heterocycles. The zero-order valence-electron chi connectivity index (χ0n) is 13.5. The average molecular weight is 315 g/mol. The van der Waals surface area contributed by atoms with Crippen LogP contribution in [0.5, 0.6) is 5.75 Å². The molecule has 0 spiro atoms. The molecule has 0 aliphatic heterocycles. The number of ketones is 1. The van der Waals surface area contributed by atoms with E-state index in [0.29, 0.717) is 17.8 Å². The molecule has 23 heavy (non-hydrogen) atoms. The summed E-state index contributed by atoms with van der Waals surface area (Å²) >= 11 is 0. The third kappa shape index (κ3) is 3.36. The van der Waals surface area contributed by atoms with Gasteiger partial charge in [0.05, 0.1) is 17.7 Å². The van der Waals surface area contributed by atoms with Crippen molar-refractivity contribution in [2.45, 2.75) is 19.4 Å². The quantitative estimate of drug-likeness (QED) is 0.551. The van der Waals surface area contributed by atoms with Crippen molar-refractivity contribution in [2.24, 2.45) is 0 Å². The number of carbonyl (C=O) groups excluding carboxylic acids is 2. The summed E-state index contributed by atoms with van der Waals surface area (Å²) in [5.74, 6) is -0.527. The Morgan fingerprint density at radius 2 is 2.13 bits per heavy atom. The number of nitrogens with zero attached hydrogens (tertiary/aromatic N) is 1. The van der Waals surface area contributed by atoms with Crippen molar-refractivity contribution in [1.82, 2.24) is 10.2 Å². The van der Waals surface area contributed by atoms with Crippen molar-refractivity contribution in [3.63, 3.8) is 0 Å². The minimum Gasteiger partial charge on any atom is -0.505 e. The van der Waals surface area contributed by atoms with Gasteiger partial charge in [-0.25, -0.2) is 0 Å². The number of benzene rings is 1. The first kappa shape index (κ1) is 16.6. The van der Waals surface area contributed by atoms with Crippen molar-refractivity contribution >= 4 is 17.4 Å². The molecule has 1 aromatic carbocycles. The van der Waals surface area contributed by atoms with Crippen molar-refractivity contribution in [1.29, 1.82) is 0 Å². The molecule has 1 aliphatic carbocycles. The normalized spacial score (nSPS) is 14.8. The lowest BCUT2D eigenvalue weighted by atomic mass is 9.97. The van der Waals surface area contributed by atoms with Crippen LogP contribution >= 0.6 is 0 Å². The molecular formula is C17H21N3O3. The molecule has 1 atom stereocenters. The Morgan fingerprint density at radius 1 is 1.43 bits per heavy atom. The number of aromatic hydroxyl groups is 1. The molecule has 1 aliphatic rings. The van der Waals surface area contributed by atoms with Crippen LogP contribution in [0.1, 0.15) is 23.7 Å². The first-order valence-corrected chi connectivity index (χ1v) is 7.31. The molecule has 0 saturated carbocycles. The molecule has 0 radical (unpaired) electrons. The first-order valence-electron chi connectivity index (χ1n) is 7.31. The summed E-state index contributed by atoms with van der Waals surface area (Å²) in [6, 6.07) is 4.85. The summed E-state index contributed by atoms with van der Waals surface area (Å²) in [7, 11) is 3.22. The highest BCUT2D eigenvalue weighted by Gasteiger charge is 2.29. The standard InChI is InChI=1S/C17H21N3O3/c1-5-10(2)18-13-9-14(21)15(13)19-12-8-6-7-11(16(12)22)17(23)20(3)4/h5-8,10,18-19,22H,1,9H2,2-4H3. The maximum absolute atomic E-state index is 12.0. The number of amides is 1. The summed E-state index contributed by atoms with van der Waals surface area (Å²) in [5.41, 5.74) is 1.68. The number of nitrogens with one attached hydrogen (secondary N) is 2. The zero-order valence-corrected chi connectivity index (χ0v) is 13.5. The van der Waals surface area contributed by atoms with Gasteiger partial charge in [-0.1, -0.05) is 12.1 Å². The Hall–Kier alpha value is -2.76. The predicted molar refractivity (Wildman–Crippen MR) is 89.2 cm³/mol. The lowest BCUT2D eigenvalue weighted by molar-refractivity contribution is -0.116. The van der Waals surface area contributed by atoms with Crippen LogP contribution in [0, 0.1) is 0 Å². The minimum absolute atomic E-state index is 0.0325. The molecule has 0 bridgehead atoms. The largest absolute Gasteiger partial charge is 0.505 e. The Kier molecular flexibility index (Phi) is 4.74. The molecule has 1 amide bonds. The topological polar surface area (TPSA) is 81.7 Å². The van der Waals surface area contributed by atoms with Gasteiger partial charge in [0, 0.05) is 25.8 Å². The van der Waals surface area contributed by atoms with E-state index in [1.807, 2.05) is 6.92 Å². The Labute approximate surface area is 135 Å². The summed E-state index contributed by atoms with van der Waals surface area (Å²) < 4.78 is 0. The molecule has 0 saturated heterocycles. The third-order valence-electron chi connectivity index (χ3n) is 3.61. The zero-order chi connectivity index (χ0) is 17.1. The number of rotatable bonds is 6. The molecule has 1 unspecified atom stereocenters. The lowest BCUT2D eigenvalue weighted by Gasteiger charge is -2.27.